The number of hydrogen-bond donors (Lipinski definition) is 3. The first kappa shape index (κ1) is 22.8. The molecule has 3 N–H and O–H groups in total. The molecule has 0 aromatic carbocycles. The monoisotopic (exact) mass is 402 g/mol. The second-order valence-electron chi connectivity index (χ2n) is 10.7. The van der Waals surface area contributed by atoms with E-state index in [9.17, 15) is 15.3 Å². The van der Waals surface area contributed by atoms with Gasteiger partial charge >= 0.3 is 0 Å². The van der Waals surface area contributed by atoms with Crippen LogP contribution in [0, 0.1) is 23.7 Å². The molecule has 3 saturated carbocycles. The van der Waals surface area contributed by atoms with Crippen molar-refractivity contribution < 1.29 is 15.3 Å². The second kappa shape index (κ2) is 9.49. The van der Waals surface area contributed by atoms with Crippen LogP contribution >= 0.6 is 0 Å². The smallest absolute Gasteiger partial charge is 0.0811 e. The normalized spacial score (nSPS) is 37.2. The SMILES string of the molecule is C=C1/C(=C\C=C2/CCCC3[C@@H](C(C)CCCC(C)(C)O)CC[C@@H]23)C[C@@H](O)C[C@H]1O. The maximum atomic E-state index is 10.1. The van der Waals surface area contributed by atoms with Crippen LogP contribution in [0.4, 0.5) is 0 Å². The molecular weight excluding hydrogens is 360 g/mol. The highest BCUT2D eigenvalue weighted by atomic mass is 16.3. The van der Waals surface area contributed by atoms with Gasteiger partial charge in [-0.3, -0.25) is 0 Å². The lowest BCUT2D eigenvalue weighted by Crippen LogP contribution is -2.27. The number of rotatable bonds is 6. The minimum Gasteiger partial charge on any atom is -0.393 e. The summed E-state index contributed by atoms with van der Waals surface area (Å²) in [5.41, 5.74) is 2.82. The minimum atomic E-state index is -0.608. The topological polar surface area (TPSA) is 60.7 Å². The fourth-order valence-corrected chi connectivity index (χ4v) is 6.15. The summed E-state index contributed by atoms with van der Waals surface area (Å²) >= 11 is 0. The van der Waals surface area contributed by atoms with E-state index in [1.165, 1.54) is 38.5 Å². The molecule has 0 bridgehead atoms. The summed E-state index contributed by atoms with van der Waals surface area (Å²) in [6.07, 6.45) is 14.0. The van der Waals surface area contributed by atoms with Crippen molar-refractivity contribution in [2.24, 2.45) is 23.7 Å². The van der Waals surface area contributed by atoms with Crippen LogP contribution in [-0.4, -0.2) is 33.1 Å². The van der Waals surface area contributed by atoms with Gasteiger partial charge in [0.2, 0.25) is 0 Å². The predicted octanol–water partition coefficient (Wildman–Crippen LogP) is 5.31. The lowest BCUT2D eigenvalue weighted by atomic mass is 9.71. The average Bonchev–Trinajstić information content (AvgIpc) is 3.07. The molecule has 3 heteroatoms. The summed E-state index contributed by atoms with van der Waals surface area (Å²) in [5, 5.41) is 30.1. The van der Waals surface area contributed by atoms with Gasteiger partial charge in [-0.15, -0.1) is 0 Å². The summed E-state index contributed by atoms with van der Waals surface area (Å²) in [6, 6.07) is 0. The first-order valence-corrected chi connectivity index (χ1v) is 11.8. The third kappa shape index (κ3) is 5.83. The number of allylic oxidation sites excluding steroid dienone is 3. The summed E-state index contributed by atoms with van der Waals surface area (Å²) in [6.45, 7) is 10.3. The van der Waals surface area contributed by atoms with E-state index < -0.39 is 17.8 Å². The van der Waals surface area contributed by atoms with Gasteiger partial charge in [-0.25, -0.2) is 0 Å². The van der Waals surface area contributed by atoms with Crippen LogP contribution in [0.3, 0.4) is 0 Å². The van der Waals surface area contributed by atoms with E-state index in [0.717, 1.165) is 41.7 Å². The lowest BCUT2D eigenvalue weighted by molar-refractivity contribution is 0.0651. The van der Waals surface area contributed by atoms with Crippen molar-refractivity contribution in [3.05, 3.63) is 35.5 Å². The fourth-order valence-electron chi connectivity index (χ4n) is 6.15. The first-order valence-electron chi connectivity index (χ1n) is 11.8. The molecule has 0 spiro atoms. The van der Waals surface area contributed by atoms with Crippen LogP contribution in [0.1, 0.15) is 85.0 Å². The molecule has 0 aliphatic heterocycles. The van der Waals surface area contributed by atoms with Crippen LogP contribution in [0.2, 0.25) is 0 Å². The van der Waals surface area contributed by atoms with Crippen molar-refractivity contribution in [2.45, 2.75) is 103 Å². The van der Waals surface area contributed by atoms with Crippen molar-refractivity contribution in [1.82, 2.24) is 0 Å². The Morgan fingerprint density at radius 2 is 1.93 bits per heavy atom. The molecule has 0 heterocycles. The second-order valence-corrected chi connectivity index (χ2v) is 10.7. The quantitative estimate of drug-likeness (QED) is 0.564. The molecule has 6 atom stereocenters. The van der Waals surface area contributed by atoms with Gasteiger partial charge in [0, 0.05) is 6.42 Å². The number of aliphatic hydroxyl groups excluding tert-OH is 2. The standard InChI is InChI=1S/C26H42O3/c1-17(7-6-14-26(3,4)29)22-12-13-23-19(8-5-9-24(22)23)10-11-20-15-21(27)16-25(28)18(20)2/h10-11,17,21-25,27-29H,2,5-9,12-16H2,1,3-4H3/b19-10+,20-11-/t17?,21-,22-,23+,24?,25-/m1/s1. The maximum absolute atomic E-state index is 10.1. The largest absolute Gasteiger partial charge is 0.393 e. The summed E-state index contributed by atoms with van der Waals surface area (Å²) in [7, 11) is 0. The Kier molecular flexibility index (Phi) is 7.46. The Morgan fingerprint density at radius 3 is 2.66 bits per heavy atom. The Morgan fingerprint density at radius 1 is 1.17 bits per heavy atom. The molecule has 164 valence electrons. The molecule has 3 aliphatic carbocycles. The maximum Gasteiger partial charge on any atom is 0.0811 e. The van der Waals surface area contributed by atoms with Crippen LogP contribution in [0.25, 0.3) is 0 Å². The average molecular weight is 403 g/mol. The Hall–Kier alpha value is -0.900. The summed E-state index contributed by atoms with van der Waals surface area (Å²) in [4.78, 5) is 0. The third-order valence-corrected chi connectivity index (χ3v) is 7.80. The summed E-state index contributed by atoms with van der Waals surface area (Å²) < 4.78 is 0. The summed E-state index contributed by atoms with van der Waals surface area (Å²) in [5.74, 6) is 3.05. The van der Waals surface area contributed by atoms with Gasteiger partial charge in [-0.2, -0.15) is 0 Å². The molecule has 0 radical (unpaired) electrons. The molecule has 0 aromatic heterocycles. The molecule has 2 unspecified atom stereocenters. The van der Waals surface area contributed by atoms with E-state index in [1.54, 1.807) is 5.57 Å². The fraction of sp³-hybridized carbons (Fsp3) is 0.769. The van der Waals surface area contributed by atoms with Crippen LogP contribution in [0.15, 0.2) is 35.5 Å². The van der Waals surface area contributed by atoms with Gasteiger partial charge in [-0.05, 0) is 93.6 Å². The van der Waals surface area contributed by atoms with E-state index in [0.29, 0.717) is 18.8 Å². The van der Waals surface area contributed by atoms with Gasteiger partial charge in [0.15, 0.2) is 0 Å². The molecule has 3 fully saturated rings. The van der Waals surface area contributed by atoms with Crippen LogP contribution in [-0.2, 0) is 0 Å². The highest BCUT2D eigenvalue weighted by Crippen LogP contribution is 2.51. The highest BCUT2D eigenvalue weighted by molar-refractivity contribution is 5.38. The molecule has 0 amide bonds. The Bertz CT molecular complexity index is 639. The number of hydrogen-bond acceptors (Lipinski definition) is 3. The van der Waals surface area contributed by atoms with Crippen molar-refractivity contribution in [3.63, 3.8) is 0 Å². The third-order valence-electron chi connectivity index (χ3n) is 7.80. The zero-order valence-electron chi connectivity index (χ0n) is 18.7. The molecule has 0 aromatic rings. The minimum absolute atomic E-state index is 0.407. The molecular formula is C26H42O3. The van der Waals surface area contributed by atoms with Crippen molar-refractivity contribution >= 4 is 0 Å². The molecule has 29 heavy (non-hydrogen) atoms. The Labute approximate surface area is 177 Å². The van der Waals surface area contributed by atoms with E-state index in [2.05, 4.69) is 25.7 Å². The molecule has 3 aliphatic rings. The van der Waals surface area contributed by atoms with E-state index >= 15 is 0 Å². The van der Waals surface area contributed by atoms with Crippen molar-refractivity contribution in [2.75, 3.05) is 0 Å². The zero-order chi connectivity index (χ0) is 21.2. The molecule has 3 nitrogen and oxygen atoms in total. The van der Waals surface area contributed by atoms with Crippen molar-refractivity contribution in [1.29, 1.82) is 0 Å². The van der Waals surface area contributed by atoms with Crippen LogP contribution in [0.5, 0.6) is 0 Å². The predicted molar refractivity (Wildman–Crippen MR) is 119 cm³/mol. The van der Waals surface area contributed by atoms with Gasteiger partial charge in [0.25, 0.3) is 0 Å². The van der Waals surface area contributed by atoms with Gasteiger partial charge in [-0.1, -0.05) is 44.1 Å². The zero-order valence-corrected chi connectivity index (χ0v) is 18.7. The highest BCUT2D eigenvalue weighted by Gasteiger charge is 2.41. The Balaban J connectivity index is 1.63. The van der Waals surface area contributed by atoms with E-state index in [4.69, 9.17) is 0 Å². The van der Waals surface area contributed by atoms with Gasteiger partial charge in [0.1, 0.15) is 0 Å². The molecule has 3 rings (SSSR count). The molecule has 0 saturated heterocycles. The van der Waals surface area contributed by atoms with E-state index in [-0.39, 0.29) is 0 Å². The number of aliphatic hydroxyl groups is 3. The first-order chi connectivity index (χ1) is 13.7. The number of fused-ring (bicyclic) bond motifs is 1. The lowest BCUT2D eigenvalue weighted by Gasteiger charge is -2.34. The van der Waals surface area contributed by atoms with Crippen molar-refractivity contribution in [3.8, 4) is 0 Å². The van der Waals surface area contributed by atoms with Gasteiger partial charge in [0.05, 0.1) is 17.8 Å². The van der Waals surface area contributed by atoms with E-state index in [1.807, 2.05) is 13.8 Å². The van der Waals surface area contributed by atoms with Gasteiger partial charge < -0.3 is 15.3 Å². The van der Waals surface area contributed by atoms with Crippen LogP contribution < -0.4 is 0 Å².